The first-order valence-electron chi connectivity index (χ1n) is 6.17. The van der Waals surface area contributed by atoms with Crippen LogP contribution in [0.25, 0.3) is 0 Å². The monoisotopic (exact) mass is 238 g/mol. The molecule has 0 aromatic heterocycles. The normalized spacial score (nSPS) is 31.2. The average molecular weight is 238 g/mol. The Morgan fingerprint density at radius 3 is 2.29 bits per heavy atom. The molecule has 1 fully saturated rings. The molecule has 2 rings (SSSR count). The van der Waals surface area contributed by atoms with Crippen LogP contribution in [0.15, 0.2) is 24.3 Å². The van der Waals surface area contributed by atoms with Crippen molar-refractivity contribution in [2.24, 2.45) is 5.92 Å². The van der Waals surface area contributed by atoms with Crippen LogP contribution >= 0.6 is 0 Å². The maximum atomic E-state index is 12.8. The molecule has 17 heavy (non-hydrogen) atoms. The van der Waals surface area contributed by atoms with Gasteiger partial charge in [-0.2, -0.15) is 0 Å². The number of hydrogen-bond acceptors (Lipinski definition) is 2. The van der Waals surface area contributed by atoms with Gasteiger partial charge in [0.1, 0.15) is 11.9 Å². The lowest BCUT2D eigenvalue weighted by atomic mass is 9.75. The molecule has 1 aliphatic rings. The summed E-state index contributed by atoms with van der Waals surface area (Å²) < 4.78 is 12.8. The molecule has 2 N–H and O–H groups in total. The molecule has 1 aromatic carbocycles. The Morgan fingerprint density at radius 1 is 1.24 bits per heavy atom. The maximum Gasteiger partial charge on any atom is 0.123 e. The fourth-order valence-electron chi connectivity index (χ4n) is 2.49. The smallest absolute Gasteiger partial charge is 0.123 e. The number of aliphatic hydroxyl groups is 2. The third-order valence-corrected chi connectivity index (χ3v) is 3.83. The summed E-state index contributed by atoms with van der Waals surface area (Å²) in [7, 11) is 0. The molecule has 0 amide bonds. The van der Waals surface area contributed by atoms with E-state index in [4.69, 9.17) is 0 Å². The van der Waals surface area contributed by atoms with E-state index in [-0.39, 0.29) is 5.82 Å². The predicted molar refractivity (Wildman–Crippen MR) is 63.9 cm³/mol. The van der Waals surface area contributed by atoms with Gasteiger partial charge in [-0.1, -0.05) is 19.1 Å². The second kappa shape index (κ2) is 4.75. The molecule has 0 spiro atoms. The molecule has 3 heteroatoms. The van der Waals surface area contributed by atoms with Gasteiger partial charge in [-0.15, -0.1) is 0 Å². The number of benzene rings is 1. The molecule has 0 aliphatic heterocycles. The Labute approximate surface area is 101 Å². The summed E-state index contributed by atoms with van der Waals surface area (Å²) in [5, 5.41) is 20.6. The summed E-state index contributed by atoms with van der Waals surface area (Å²) in [6.07, 6.45) is 2.14. The van der Waals surface area contributed by atoms with Crippen molar-refractivity contribution in [2.75, 3.05) is 0 Å². The summed E-state index contributed by atoms with van der Waals surface area (Å²) in [5.74, 6) is 0.279. The maximum absolute atomic E-state index is 12.8. The number of hydrogen-bond donors (Lipinski definition) is 2. The number of halogens is 1. The summed E-state index contributed by atoms with van der Waals surface area (Å²) in [6.45, 7) is 2.16. The molecule has 94 valence electrons. The topological polar surface area (TPSA) is 40.5 Å². The van der Waals surface area contributed by atoms with E-state index in [1.54, 1.807) is 0 Å². The minimum Gasteiger partial charge on any atom is -0.387 e. The van der Waals surface area contributed by atoms with Crippen molar-refractivity contribution >= 4 is 0 Å². The summed E-state index contributed by atoms with van der Waals surface area (Å²) in [5.41, 5.74) is -0.465. The Kier molecular flexibility index (Phi) is 3.50. The highest BCUT2D eigenvalue weighted by Gasteiger charge is 2.39. The largest absolute Gasteiger partial charge is 0.387 e. The van der Waals surface area contributed by atoms with Crippen LogP contribution < -0.4 is 0 Å². The third-order valence-electron chi connectivity index (χ3n) is 3.83. The van der Waals surface area contributed by atoms with E-state index in [0.29, 0.717) is 24.3 Å². The second-order valence-corrected chi connectivity index (χ2v) is 5.24. The van der Waals surface area contributed by atoms with Gasteiger partial charge in [0.15, 0.2) is 0 Å². The van der Waals surface area contributed by atoms with Crippen LogP contribution in [0.3, 0.4) is 0 Å². The highest BCUT2D eigenvalue weighted by atomic mass is 19.1. The van der Waals surface area contributed by atoms with Gasteiger partial charge in [0, 0.05) is 0 Å². The van der Waals surface area contributed by atoms with Crippen molar-refractivity contribution in [3.8, 4) is 0 Å². The van der Waals surface area contributed by atoms with E-state index in [2.05, 4.69) is 6.92 Å². The molecule has 1 unspecified atom stereocenters. The molecule has 1 atom stereocenters. The minimum absolute atomic E-state index is 0.329. The quantitative estimate of drug-likeness (QED) is 0.831. The number of aliphatic hydroxyl groups excluding tert-OH is 1. The lowest BCUT2D eigenvalue weighted by molar-refractivity contribution is -0.105. The highest BCUT2D eigenvalue weighted by molar-refractivity contribution is 5.21. The third kappa shape index (κ3) is 2.67. The number of rotatable bonds is 2. The van der Waals surface area contributed by atoms with Crippen LogP contribution in [-0.2, 0) is 0 Å². The van der Waals surface area contributed by atoms with Gasteiger partial charge in [0.2, 0.25) is 0 Å². The second-order valence-electron chi connectivity index (χ2n) is 5.24. The Morgan fingerprint density at radius 2 is 1.76 bits per heavy atom. The van der Waals surface area contributed by atoms with Gasteiger partial charge in [-0.05, 0) is 49.3 Å². The first-order chi connectivity index (χ1) is 8.01. The van der Waals surface area contributed by atoms with E-state index in [9.17, 15) is 14.6 Å². The van der Waals surface area contributed by atoms with E-state index in [0.717, 1.165) is 12.8 Å². The molecular weight excluding hydrogens is 219 g/mol. The molecule has 0 radical (unpaired) electrons. The Bertz CT molecular complexity index is 366. The van der Waals surface area contributed by atoms with Crippen LogP contribution in [0, 0.1) is 11.7 Å². The predicted octanol–water partition coefficient (Wildman–Crippen LogP) is 2.80. The fraction of sp³-hybridized carbons (Fsp3) is 0.571. The fourth-order valence-corrected chi connectivity index (χ4v) is 2.49. The molecule has 1 aliphatic carbocycles. The molecule has 0 saturated heterocycles. The van der Waals surface area contributed by atoms with Crippen LogP contribution in [0.1, 0.15) is 44.3 Å². The van der Waals surface area contributed by atoms with Crippen LogP contribution in [0.5, 0.6) is 0 Å². The van der Waals surface area contributed by atoms with Crippen molar-refractivity contribution < 1.29 is 14.6 Å². The minimum atomic E-state index is -1.05. The van der Waals surface area contributed by atoms with Crippen molar-refractivity contribution in [1.82, 2.24) is 0 Å². The van der Waals surface area contributed by atoms with Gasteiger partial charge < -0.3 is 10.2 Å². The van der Waals surface area contributed by atoms with Crippen molar-refractivity contribution in [1.29, 1.82) is 0 Å². The van der Waals surface area contributed by atoms with Crippen molar-refractivity contribution in [2.45, 2.75) is 44.3 Å². The van der Waals surface area contributed by atoms with Crippen LogP contribution in [-0.4, -0.2) is 15.8 Å². The van der Waals surface area contributed by atoms with Crippen LogP contribution in [0.2, 0.25) is 0 Å². The van der Waals surface area contributed by atoms with Gasteiger partial charge >= 0.3 is 0 Å². The van der Waals surface area contributed by atoms with Gasteiger partial charge in [-0.3, -0.25) is 0 Å². The molecule has 1 aromatic rings. The zero-order valence-electron chi connectivity index (χ0n) is 10.1. The van der Waals surface area contributed by atoms with E-state index in [1.807, 2.05) is 0 Å². The Hall–Kier alpha value is -0.930. The molecule has 0 heterocycles. The lowest BCUT2D eigenvalue weighted by Crippen LogP contribution is -2.39. The van der Waals surface area contributed by atoms with Crippen molar-refractivity contribution in [3.05, 3.63) is 35.6 Å². The standard InChI is InChI=1S/C14H19FO2/c1-10-6-8-14(17,9-7-10)13(16)11-2-4-12(15)5-3-11/h2-5,10,13,16-17H,6-9H2,1H3. The SMILES string of the molecule is CC1CCC(O)(C(O)c2ccc(F)cc2)CC1. The lowest BCUT2D eigenvalue weighted by Gasteiger charge is -2.38. The highest BCUT2D eigenvalue weighted by Crippen LogP contribution is 2.40. The zero-order valence-corrected chi connectivity index (χ0v) is 10.1. The molecule has 2 nitrogen and oxygen atoms in total. The molecule has 0 bridgehead atoms. The van der Waals surface area contributed by atoms with Gasteiger partial charge in [0.05, 0.1) is 5.60 Å². The van der Waals surface area contributed by atoms with Gasteiger partial charge in [0.25, 0.3) is 0 Å². The first-order valence-corrected chi connectivity index (χ1v) is 6.17. The van der Waals surface area contributed by atoms with Crippen molar-refractivity contribution in [3.63, 3.8) is 0 Å². The summed E-state index contributed by atoms with van der Waals surface area (Å²) in [4.78, 5) is 0. The summed E-state index contributed by atoms with van der Waals surface area (Å²) in [6, 6.07) is 5.70. The zero-order chi connectivity index (χ0) is 12.5. The molecule has 1 saturated carbocycles. The Balaban J connectivity index is 2.13. The average Bonchev–Trinajstić information content (AvgIpc) is 2.33. The van der Waals surface area contributed by atoms with E-state index >= 15 is 0 Å². The summed E-state index contributed by atoms with van der Waals surface area (Å²) >= 11 is 0. The van der Waals surface area contributed by atoms with Gasteiger partial charge in [-0.25, -0.2) is 4.39 Å². The first kappa shape index (κ1) is 12.5. The van der Waals surface area contributed by atoms with Crippen LogP contribution in [0.4, 0.5) is 4.39 Å². The van der Waals surface area contributed by atoms with E-state index in [1.165, 1.54) is 24.3 Å². The van der Waals surface area contributed by atoms with E-state index < -0.39 is 11.7 Å². The molecular formula is C14H19FO2.